The second kappa shape index (κ2) is 3.23. The van der Waals surface area contributed by atoms with E-state index in [1.165, 1.54) is 57.9 Å². The minimum absolute atomic E-state index is 0.666. The summed E-state index contributed by atoms with van der Waals surface area (Å²) in [5, 5.41) is 0. The van der Waals surface area contributed by atoms with E-state index in [2.05, 4.69) is 11.8 Å². The van der Waals surface area contributed by atoms with Gasteiger partial charge in [0.25, 0.3) is 0 Å². The molecule has 2 saturated heterocycles. The van der Waals surface area contributed by atoms with Crippen LogP contribution in [0.5, 0.6) is 0 Å². The Morgan fingerprint density at radius 3 is 2.93 bits per heavy atom. The van der Waals surface area contributed by atoms with Crippen LogP contribution in [-0.2, 0) is 0 Å². The van der Waals surface area contributed by atoms with Crippen molar-refractivity contribution in [3.05, 3.63) is 0 Å². The van der Waals surface area contributed by atoms with E-state index < -0.39 is 0 Å². The van der Waals surface area contributed by atoms with Crippen molar-refractivity contribution in [1.82, 2.24) is 4.90 Å². The molecule has 0 bridgehead atoms. The van der Waals surface area contributed by atoms with Crippen LogP contribution in [0.2, 0.25) is 0 Å². The summed E-state index contributed by atoms with van der Waals surface area (Å²) in [7, 11) is 0. The molecule has 0 spiro atoms. The number of nitrogens with zero attached hydrogens (tertiary/aromatic N) is 1. The molecule has 0 amide bonds. The molecule has 1 heteroatoms. The van der Waals surface area contributed by atoms with E-state index in [1.807, 2.05) is 0 Å². The van der Waals surface area contributed by atoms with Crippen LogP contribution in [0.3, 0.4) is 0 Å². The second-order valence-corrected chi connectivity index (χ2v) is 5.69. The first-order valence-electron chi connectivity index (χ1n) is 6.62. The summed E-state index contributed by atoms with van der Waals surface area (Å²) in [5.41, 5.74) is 0.666. The molecule has 0 aromatic rings. The van der Waals surface area contributed by atoms with Crippen molar-refractivity contribution in [1.29, 1.82) is 0 Å². The molecular formula is C13H23N. The molecule has 1 aliphatic carbocycles. The lowest BCUT2D eigenvalue weighted by molar-refractivity contribution is 0.125. The third kappa shape index (κ3) is 1.11. The third-order valence-electron chi connectivity index (χ3n) is 5.22. The van der Waals surface area contributed by atoms with Crippen LogP contribution in [0.25, 0.3) is 0 Å². The SMILES string of the molecule is CC[C@]12CCCN1[C@@H]1CCCC[C@@H]1C2. The molecule has 0 N–H and O–H groups in total. The fraction of sp³-hybridized carbons (Fsp3) is 1.00. The Labute approximate surface area is 87.9 Å². The van der Waals surface area contributed by atoms with E-state index in [1.54, 1.807) is 0 Å². The largest absolute Gasteiger partial charge is 0.294 e. The first-order valence-corrected chi connectivity index (χ1v) is 6.62. The van der Waals surface area contributed by atoms with Crippen molar-refractivity contribution in [2.24, 2.45) is 5.92 Å². The zero-order chi connectivity index (χ0) is 9.60. The molecule has 3 aliphatic rings. The van der Waals surface area contributed by atoms with Gasteiger partial charge < -0.3 is 0 Å². The van der Waals surface area contributed by atoms with Gasteiger partial charge in [0, 0.05) is 11.6 Å². The van der Waals surface area contributed by atoms with Crippen molar-refractivity contribution in [3.63, 3.8) is 0 Å². The van der Waals surface area contributed by atoms with Crippen LogP contribution in [0, 0.1) is 5.92 Å². The van der Waals surface area contributed by atoms with E-state index in [9.17, 15) is 0 Å². The molecule has 2 heterocycles. The molecule has 0 unspecified atom stereocenters. The topological polar surface area (TPSA) is 3.24 Å². The van der Waals surface area contributed by atoms with Crippen molar-refractivity contribution < 1.29 is 0 Å². The highest BCUT2D eigenvalue weighted by molar-refractivity contribution is 5.07. The summed E-state index contributed by atoms with van der Waals surface area (Å²) >= 11 is 0. The van der Waals surface area contributed by atoms with Gasteiger partial charge >= 0.3 is 0 Å². The van der Waals surface area contributed by atoms with Gasteiger partial charge in [-0.3, -0.25) is 4.90 Å². The standard InChI is InChI=1S/C13H23N/c1-2-13-8-5-9-14(13)12-7-4-3-6-11(12)10-13/h11-12H,2-10H2,1H3/t11-,12-,13-/m1/s1. The average molecular weight is 193 g/mol. The Bertz CT molecular complexity index is 225. The fourth-order valence-electron chi connectivity index (χ4n) is 4.54. The summed E-state index contributed by atoms with van der Waals surface area (Å²) in [6.07, 6.45) is 11.9. The molecule has 3 fully saturated rings. The zero-order valence-corrected chi connectivity index (χ0v) is 9.47. The van der Waals surface area contributed by atoms with Crippen LogP contribution in [-0.4, -0.2) is 23.0 Å². The molecule has 1 nitrogen and oxygen atoms in total. The fourth-order valence-corrected chi connectivity index (χ4v) is 4.54. The third-order valence-corrected chi connectivity index (χ3v) is 5.22. The Morgan fingerprint density at radius 1 is 1.21 bits per heavy atom. The van der Waals surface area contributed by atoms with Crippen LogP contribution >= 0.6 is 0 Å². The van der Waals surface area contributed by atoms with E-state index in [0.29, 0.717) is 5.54 Å². The molecule has 1 saturated carbocycles. The maximum atomic E-state index is 2.91. The normalized spacial score (nSPS) is 47.8. The van der Waals surface area contributed by atoms with Crippen molar-refractivity contribution in [2.75, 3.05) is 6.54 Å². The maximum absolute atomic E-state index is 2.91. The van der Waals surface area contributed by atoms with Crippen LogP contribution in [0.4, 0.5) is 0 Å². The molecular weight excluding hydrogens is 170 g/mol. The first-order chi connectivity index (χ1) is 6.86. The first kappa shape index (κ1) is 9.21. The molecule has 0 aromatic heterocycles. The number of hydrogen-bond acceptors (Lipinski definition) is 1. The highest BCUT2D eigenvalue weighted by Gasteiger charge is 2.52. The highest BCUT2D eigenvalue weighted by Crippen LogP contribution is 2.51. The van der Waals surface area contributed by atoms with Gasteiger partial charge in [0.05, 0.1) is 0 Å². The van der Waals surface area contributed by atoms with Crippen molar-refractivity contribution >= 4 is 0 Å². The van der Waals surface area contributed by atoms with Crippen LogP contribution in [0.1, 0.15) is 58.3 Å². The van der Waals surface area contributed by atoms with Gasteiger partial charge in [0.2, 0.25) is 0 Å². The van der Waals surface area contributed by atoms with Gasteiger partial charge in [-0.25, -0.2) is 0 Å². The number of fused-ring (bicyclic) bond motifs is 3. The van der Waals surface area contributed by atoms with Gasteiger partial charge in [0.15, 0.2) is 0 Å². The van der Waals surface area contributed by atoms with E-state index in [-0.39, 0.29) is 0 Å². The maximum Gasteiger partial charge on any atom is 0.0213 e. The number of hydrogen-bond donors (Lipinski definition) is 0. The predicted octanol–water partition coefficient (Wildman–Crippen LogP) is 3.19. The lowest BCUT2D eigenvalue weighted by atomic mass is 9.81. The molecule has 3 atom stereocenters. The van der Waals surface area contributed by atoms with E-state index >= 15 is 0 Å². The quantitative estimate of drug-likeness (QED) is 0.618. The van der Waals surface area contributed by atoms with Crippen LogP contribution in [0.15, 0.2) is 0 Å². The van der Waals surface area contributed by atoms with Gasteiger partial charge in [0.1, 0.15) is 0 Å². The Kier molecular flexibility index (Phi) is 2.12. The van der Waals surface area contributed by atoms with Gasteiger partial charge in [-0.2, -0.15) is 0 Å². The Hall–Kier alpha value is -0.0400. The minimum Gasteiger partial charge on any atom is -0.294 e. The second-order valence-electron chi connectivity index (χ2n) is 5.69. The zero-order valence-electron chi connectivity index (χ0n) is 9.47. The van der Waals surface area contributed by atoms with Crippen LogP contribution < -0.4 is 0 Å². The van der Waals surface area contributed by atoms with Crippen molar-refractivity contribution in [3.8, 4) is 0 Å². The monoisotopic (exact) mass is 193 g/mol. The lowest BCUT2D eigenvalue weighted by Crippen LogP contribution is -2.42. The molecule has 0 radical (unpaired) electrons. The summed E-state index contributed by atoms with van der Waals surface area (Å²) in [5.74, 6) is 1.07. The average Bonchev–Trinajstić information content (AvgIpc) is 2.73. The summed E-state index contributed by atoms with van der Waals surface area (Å²) in [6.45, 7) is 3.82. The predicted molar refractivity (Wildman–Crippen MR) is 59.3 cm³/mol. The van der Waals surface area contributed by atoms with Gasteiger partial charge in [-0.05, 0) is 51.0 Å². The lowest BCUT2D eigenvalue weighted by Gasteiger charge is -2.35. The summed E-state index contributed by atoms with van der Waals surface area (Å²) in [4.78, 5) is 2.91. The molecule has 2 aliphatic heterocycles. The summed E-state index contributed by atoms with van der Waals surface area (Å²) in [6, 6.07) is 0.992. The van der Waals surface area contributed by atoms with Gasteiger partial charge in [-0.1, -0.05) is 19.8 Å². The Morgan fingerprint density at radius 2 is 2.07 bits per heavy atom. The van der Waals surface area contributed by atoms with Gasteiger partial charge in [-0.15, -0.1) is 0 Å². The van der Waals surface area contributed by atoms with Crippen molar-refractivity contribution in [2.45, 2.75) is 69.9 Å². The van der Waals surface area contributed by atoms with E-state index in [0.717, 1.165) is 12.0 Å². The highest BCUT2D eigenvalue weighted by atomic mass is 15.3. The minimum atomic E-state index is 0.666. The van der Waals surface area contributed by atoms with E-state index in [4.69, 9.17) is 0 Å². The smallest absolute Gasteiger partial charge is 0.0213 e. The molecule has 14 heavy (non-hydrogen) atoms. The summed E-state index contributed by atoms with van der Waals surface area (Å²) < 4.78 is 0. The molecule has 0 aromatic carbocycles. The molecule has 3 rings (SSSR count). The molecule has 80 valence electrons. The Balaban J connectivity index is 1.86. The number of rotatable bonds is 1.